The molecule has 0 aromatic carbocycles. The Morgan fingerprint density at radius 1 is 1.33 bits per heavy atom. The van der Waals surface area contributed by atoms with E-state index in [0.717, 1.165) is 4.88 Å². The molecular weight excluding hydrogens is 463 g/mol. The number of sulfonamides is 1. The predicted octanol–water partition coefficient (Wildman–Crippen LogP) is 1.71. The average Bonchev–Trinajstić information content (AvgIpc) is 2.97. The Balaban J connectivity index is 0.00000529. The van der Waals surface area contributed by atoms with Crippen molar-refractivity contribution < 1.29 is 13.2 Å². The van der Waals surface area contributed by atoms with Crippen molar-refractivity contribution >= 4 is 51.3 Å². The summed E-state index contributed by atoms with van der Waals surface area (Å²) in [5, 5.41) is 6.34. The van der Waals surface area contributed by atoms with Crippen LogP contribution in [0.2, 0.25) is 0 Å². The van der Waals surface area contributed by atoms with Crippen LogP contribution in [0.15, 0.2) is 21.3 Å². The number of methoxy groups -OCH3 is 1. The first-order chi connectivity index (χ1) is 10.6. The van der Waals surface area contributed by atoms with Crippen LogP contribution in [0.25, 0.3) is 0 Å². The van der Waals surface area contributed by atoms with Crippen molar-refractivity contribution in [3.8, 4) is 0 Å². The van der Waals surface area contributed by atoms with E-state index in [9.17, 15) is 8.42 Å². The maximum Gasteiger partial charge on any atom is 0.252 e. The summed E-state index contributed by atoms with van der Waals surface area (Å²) in [7, 11) is 3.03. The molecule has 0 amide bonds. The zero-order valence-corrected chi connectivity index (χ0v) is 18.9. The van der Waals surface area contributed by atoms with Gasteiger partial charge in [0.1, 0.15) is 4.21 Å². The largest absolute Gasteiger partial charge is 0.377 e. The van der Waals surface area contributed by atoms with Gasteiger partial charge in [0.2, 0.25) is 0 Å². The van der Waals surface area contributed by atoms with Crippen molar-refractivity contribution in [1.82, 2.24) is 14.9 Å². The highest BCUT2D eigenvalue weighted by atomic mass is 127. The molecule has 1 rings (SSSR count). The van der Waals surface area contributed by atoms with Crippen LogP contribution in [0, 0.1) is 0 Å². The van der Waals surface area contributed by atoms with Gasteiger partial charge in [-0.3, -0.25) is 4.99 Å². The summed E-state index contributed by atoms with van der Waals surface area (Å²) in [6.07, 6.45) is 0. The molecule has 0 spiro atoms. The van der Waals surface area contributed by atoms with Crippen molar-refractivity contribution in [3.05, 3.63) is 17.0 Å². The lowest BCUT2D eigenvalue weighted by molar-refractivity contribution is 0.0268. The number of nitrogens with zero attached hydrogens (tertiary/aromatic N) is 2. The van der Waals surface area contributed by atoms with Gasteiger partial charge in [-0.1, -0.05) is 0 Å². The molecule has 0 aliphatic heterocycles. The second-order valence-electron chi connectivity index (χ2n) is 5.75. The van der Waals surface area contributed by atoms with Crippen LogP contribution in [0.5, 0.6) is 0 Å². The monoisotopic (exact) mass is 490 g/mol. The van der Waals surface area contributed by atoms with Crippen LogP contribution in [-0.4, -0.2) is 59.1 Å². The summed E-state index contributed by atoms with van der Waals surface area (Å²) in [6, 6.07) is 3.43. The fraction of sp³-hybridized carbons (Fsp3) is 0.643. The molecule has 1 heterocycles. The summed E-state index contributed by atoms with van der Waals surface area (Å²) < 4.78 is 31.0. The van der Waals surface area contributed by atoms with Gasteiger partial charge in [-0.15, -0.1) is 35.3 Å². The maximum absolute atomic E-state index is 12.1. The molecular formula is C14H27IN4O3S2. The molecule has 0 aliphatic rings. The molecule has 0 unspecified atom stereocenters. The third-order valence-electron chi connectivity index (χ3n) is 3.26. The van der Waals surface area contributed by atoms with Crippen LogP contribution >= 0.6 is 35.3 Å². The van der Waals surface area contributed by atoms with Gasteiger partial charge < -0.3 is 15.4 Å². The standard InChI is InChI=1S/C14H26N4O3S2.HI/c1-14(2,21-6)10-17-13(15-3)16-9-11-7-8-12(22-11)23(19,20)18(4)5;/h7-8H,9-10H2,1-6H3,(H2,15,16,17);1H. The SMILES string of the molecule is CN=C(NCc1ccc(S(=O)(=O)N(C)C)s1)NCC(C)(C)OC.I. The summed E-state index contributed by atoms with van der Waals surface area (Å²) in [6.45, 7) is 5.06. The molecule has 24 heavy (non-hydrogen) atoms. The Bertz CT molecular complexity index is 642. The van der Waals surface area contributed by atoms with Crippen LogP contribution in [0.1, 0.15) is 18.7 Å². The Labute approximate surface area is 165 Å². The third kappa shape index (κ3) is 6.82. The van der Waals surface area contributed by atoms with Gasteiger partial charge in [0.15, 0.2) is 5.96 Å². The molecule has 0 saturated heterocycles. The number of thiophene rings is 1. The Hall–Kier alpha value is -0.430. The highest BCUT2D eigenvalue weighted by Crippen LogP contribution is 2.23. The zero-order chi connectivity index (χ0) is 17.7. The van der Waals surface area contributed by atoms with E-state index in [1.54, 1.807) is 26.3 Å². The number of halogens is 1. The Kier molecular flexibility index (Phi) is 9.72. The third-order valence-corrected chi connectivity index (χ3v) is 6.63. The fourth-order valence-corrected chi connectivity index (χ4v) is 4.00. The molecule has 7 nitrogen and oxygen atoms in total. The zero-order valence-electron chi connectivity index (χ0n) is 14.9. The molecule has 1 aromatic heterocycles. The number of ether oxygens (including phenoxy) is 1. The van der Waals surface area contributed by atoms with Gasteiger partial charge in [-0.2, -0.15) is 0 Å². The summed E-state index contributed by atoms with van der Waals surface area (Å²) in [5.74, 6) is 0.639. The number of hydrogen-bond acceptors (Lipinski definition) is 5. The first-order valence-electron chi connectivity index (χ1n) is 7.13. The molecule has 0 aliphatic carbocycles. The van der Waals surface area contributed by atoms with Gasteiger partial charge in [-0.25, -0.2) is 12.7 Å². The summed E-state index contributed by atoms with van der Waals surface area (Å²) in [5.41, 5.74) is -0.298. The molecule has 2 N–H and O–H groups in total. The minimum Gasteiger partial charge on any atom is -0.377 e. The molecule has 140 valence electrons. The van der Waals surface area contributed by atoms with Crippen LogP contribution in [-0.2, 0) is 21.3 Å². The number of aliphatic imine (C=N–C) groups is 1. The van der Waals surface area contributed by atoms with E-state index in [-0.39, 0.29) is 29.6 Å². The van der Waals surface area contributed by atoms with Crippen molar-refractivity contribution in [2.75, 3.05) is 34.8 Å². The van der Waals surface area contributed by atoms with Gasteiger partial charge in [0.25, 0.3) is 10.0 Å². The number of rotatable bonds is 7. The minimum absolute atomic E-state index is 0. The smallest absolute Gasteiger partial charge is 0.252 e. The maximum atomic E-state index is 12.1. The average molecular weight is 490 g/mol. The number of guanidine groups is 1. The summed E-state index contributed by atoms with van der Waals surface area (Å²) >= 11 is 1.25. The van der Waals surface area contributed by atoms with E-state index in [4.69, 9.17) is 4.74 Å². The van der Waals surface area contributed by atoms with Gasteiger partial charge in [0.05, 0.1) is 12.1 Å². The van der Waals surface area contributed by atoms with Crippen LogP contribution in [0.4, 0.5) is 0 Å². The predicted molar refractivity (Wildman–Crippen MR) is 110 cm³/mol. The molecule has 0 atom stereocenters. The lowest BCUT2D eigenvalue weighted by Crippen LogP contribution is -2.44. The molecule has 0 fully saturated rings. The van der Waals surface area contributed by atoms with Crippen LogP contribution < -0.4 is 10.6 Å². The molecule has 10 heteroatoms. The quantitative estimate of drug-likeness (QED) is 0.346. The number of hydrogen-bond donors (Lipinski definition) is 2. The lowest BCUT2D eigenvalue weighted by atomic mass is 10.1. The highest BCUT2D eigenvalue weighted by Gasteiger charge is 2.20. The second kappa shape index (κ2) is 9.90. The minimum atomic E-state index is -3.37. The molecule has 0 bridgehead atoms. The van der Waals surface area contributed by atoms with Gasteiger partial charge in [-0.05, 0) is 26.0 Å². The number of nitrogens with one attached hydrogen (secondary N) is 2. The van der Waals surface area contributed by atoms with E-state index in [1.807, 2.05) is 13.8 Å². The van der Waals surface area contributed by atoms with E-state index >= 15 is 0 Å². The first kappa shape index (κ1) is 23.6. The van der Waals surface area contributed by atoms with Crippen molar-refractivity contribution in [2.24, 2.45) is 4.99 Å². The van der Waals surface area contributed by atoms with E-state index in [0.29, 0.717) is 23.3 Å². The van der Waals surface area contributed by atoms with Crippen LogP contribution in [0.3, 0.4) is 0 Å². The van der Waals surface area contributed by atoms with Gasteiger partial charge >= 0.3 is 0 Å². The molecule has 1 aromatic rings. The topological polar surface area (TPSA) is 83.0 Å². The van der Waals surface area contributed by atoms with E-state index in [1.165, 1.54) is 29.7 Å². The van der Waals surface area contributed by atoms with Gasteiger partial charge in [0, 0.05) is 39.7 Å². The van der Waals surface area contributed by atoms with Crippen molar-refractivity contribution in [3.63, 3.8) is 0 Å². The summed E-state index contributed by atoms with van der Waals surface area (Å²) in [4.78, 5) is 5.06. The highest BCUT2D eigenvalue weighted by molar-refractivity contribution is 14.0. The second-order valence-corrected chi connectivity index (χ2v) is 9.30. The van der Waals surface area contributed by atoms with Crippen molar-refractivity contribution in [2.45, 2.75) is 30.2 Å². The van der Waals surface area contributed by atoms with E-state index < -0.39 is 10.0 Å². The fourth-order valence-electron chi connectivity index (χ4n) is 1.53. The molecule has 0 radical (unpaired) electrons. The first-order valence-corrected chi connectivity index (χ1v) is 9.39. The normalized spacial score (nSPS) is 12.9. The Morgan fingerprint density at radius 3 is 2.46 bits per heavy atom. The van der Waals surface area contributed by atoms with Crippen molar-refractivity contribution in [1.29, 1.82) is 0 Å². The Morgan fingerprint density at radius 2 is 1.96 bits per heavy atom. The lowest BCUT2D eigenvalue weighted by Gasteiger charge is -2.24. The molecule has 0 saturated carbocycles. The van der Waals surface area contributed by atoms with E-state index in [2.05, 4.69) is 15.6 Å².